The molecule has 0 saturated carbocycles. The van der Waals surface area contributed by atoms with Gasteiger partial charge in [0.25, 0.3) is 0 Å². The van der Waals surface area contributed by atoms with Crippen LogP contribution in [0.15, 0.2) is 47.5 Å². The highest BCUT2D eigenvalue weighted by molar-refractivity contribution is 7.98. The summed E-state index contributed by atoms with van der Waals surface area (Å²) in [6.45, 7) is 4.70. The first-order chi connectivity index (χ1) is 15.1. The highest BCUT2D eigenvalue weighted by atomic mass is 32.2. The normalized spacial score (nSPS) is 17.7. The van der Waals surface area contributed by atoms with Gasteiger partial charge < -0.3 is 14.8 Å². The summed E-state index contributed by atoms with van der Waals surface area (Å²) >= 11 is 3.67. The molecule has 31 heavy (non-hydrogen) atoms. The van der Waals surface area contributed by atoms with Gasteiger partial charge in [0.1, 0.15) is 5.00 Å². The lowest BCUT2D eigenvalue weighted by atomic mass is 9.95. The first-order valence-corrected chi connectivity index (χ1v) is 13.1. The van der Waals surface area contributed by atoms with Crippen LogP contribution >= 0.6 is 23.1 Å². The average molecular weight is 452 g/mol. The summed E-state index contributed by atoms with van der Waals surface area (Å²) in [7, 11) is 0. The van der Waals surface area contributed by atoms with Crippen molar-refractivity contribution in [3.05, 3.63) is 69.9 Å². The zero-order chi connectivity index (χ0) is 21.5. The first kappa shape index (κ1) is 20.7. The Kier molecular flexibility index (Phi) is 5.61. The molecule has 1 aliphatic carbocycles. The molecule has 1 aliphatic heterocycles. The van der Waals surface area contributed by atoms with Crippen molar-refractivity contribution in [2.24, 2.45) is 0 Å². The highest BCUT2D eigenvalue weighted by Crippen LogP contribution is 2.44. The van der Waals surface area contributed by atoms with Crippen molar-refractivity contribution in [2.75, 3.05) is 6.26 Å². The monoisotopic (exact) mass is 451 g/mol. The second-order valence-electron chi connectivity index (χ2n) is 8.71. The molecule has 0 saturated heterocycles. The summed E-state index contributed by atoms with van der Waals surface area (Å²) in [5, 5.41) is 4.47. The van der Waals surface area contributed by atoms with Crippen LogP contribution in [0.5, 0.6) is 0 Å². The van der Waals surface area contributed by atoms with Crippen LogP contribution in [0.2, 0.25) is 0 Å². The number of rotatable bonds is 3. The minimum Gasteiger partial charge on any atom is -0.336 e. The fraction of sp³-hybridized carbons (Fsp3) is 0.400. The third-order valence-corrected chi connectivity index (χ3v) is 8.36. The number of thioether (sulfide) groups is 1. The third kappa shape index (κ3) is 3.70. The molecule has 0 bridgehead atoms. The number of nitrogens with zero attached hydrogens (tertiary/aromatic N) is 2. The number of nitrogens with one attached hydrogen (secondary N) is 1. The van der Waals surface area contributed by atoms with Gasteiger partial charge in [-0.1, -0.05) is 12.1 Å². The van der Waals surface area contributed by atoms with Crippen LogP contribution in [0.25, 0.3) is 5.00 Å². The van der Waals surface area contributed by atoms with E-state index in [0.717, 1.165) is 17.7 Å². The minimum absolute atomic E-state index is 0.00491. The number of carbonyl (C=O) groups is 1. The lowest BCUT2D eigenvalue weighted by Crippen LogP contribution is -2.44. The standard InChI is InChI=1S/C25H29N3OS2/c1-16(2)26-25(29)28-15-20-19-7-4-5-9-22(19)31-24(20)27-14-6-8-21(27)23(28)17-10-12-18(30-3)13-11-17/h6,8,10-14,16,23H,4-5,7,9,15H2,1-3H3,(H,26,29)/t23-/m0/s1. The molecule has 2 amide bonds. The van der Waals surface area contributed by atoms with Crippen molar-refractivity contribution in [1.29, 1.82) is 0 Å². The van der Waals surface area contributed by atoms with E-state index in [1.165, 1.54) is 45.2 Å². The van der Waals surface area contributed by atoms with Crippen LogP contribution in [0, 0.1) is 0 Å². The van der Waals surface area contributed by atoms with E-state index in [1.54, 1.807) is 11.8 Å². The van der Waals surface area contributed by atoms with Gasteiger partial charge >= 0.3 is 6.03 Å². The second-order valence-corrected chi connectivity index (χ2v) is 10.7. The molecule has 1 aromatic carbocycles. The fourth-order valence-electron chi connectivity index (χ4n) is 4.85. The van der Waals surface area contributed by atoms with Crippen molar-refractivity contribution in [1.82, 2.24) is 14.8 Å². The van der Waals surface area contributed by atoms with Crippen LogP contribution < -0.4 is 5.32 Å². The SMILES string of the molecule is CSc1ccc([C@H]2c3cccn3-c3sc4c(c3CN2C(=O)NC(C)C)CCCC4)cc1. The van der Waals surface area contributed by atoms with Crippen molar-refractivity contribution in [3.63, 3.8) is 0 Å². The number of benzene rings is 1. The van der Waals surface area contributed by atoms with E-state index in [9.17, 15) is 4.79 Å². The van der Waals surface area contributed by atoms with Gasteiger partial charge in [-0.05, 0) is 81.2 Å². The van der Waals surface area contributed by atoms with E-state index in [4.69, 9.17) is 0 Å². The molecule has 3 aromatic rings. The van der Waals surface area contributed by atoms with Gasteiger partial charge in [-0.3, -0.25) is 0 Å². The smallest absolute Gasteiger partial charge is 0.318 e. The summed E-state index contributed by atoms with van der Waals surface area (Å²) in [6, 6.07) is 13.0. The zero-order valence-corrected chi connectivity index (χ0v) is 20.0. The molecule has 1 N–H and O–H groups in total. The Hall–Kier alpha value is -2.18. The molecule has 2 aromatic heterocycles. The largest absolute Gasteiger partial charge is 0.336 e. The Morgan fingerprint density at radius 2 is 1.90 bits per heavy atom. The van der Waals surface area contributed by atoms with Gasteiger partial charge in [0.05, 0.1) is 18.3 Å². The molecule has 0 radical (unpaired) electrons. The summed E-state index contributed by atoms with van der Waals surface area (Å²) in [4.78, 5) is 18.3. The molecule has 3 heterocycles. The molecular formula is C25H29N3OS2. The number of carbonyl (C=O) groups excluding carboxylic acids is 1. The van der Waals surface area contributed by atoms with Crippen LogP contribution in [0.1, 0.15) is 60.0 Å². The van der Waals surface area contributed by atoms with Gasteiger partial charge in [0.2, 0.25) is 0 Å². The molecule has 162 valence electrons. The Bertz CT molecular complexity index is 1100. The summed E-state index contributed by atoms with van der Waals surface area (Å²) in [5.74, 6) is 0. The molecule has 2 aliphatic rings. The quantitative estimate of drug-likeness (QED) is 0.484. The second kappa shape index (κ2) is 8.40. The van der Waals surface area contributed by atoms with Gasteiger partial charge in [-0.2, -0.15) is 0 Å². The van der Waals surface area contributed by atoms with Crippen LogP contribution in [0.4, 0.5) is 4.79 Å². The summed E-state index contributed by atoms with van der Waals surface area (Å²) in [5.41, 5.74) is 5.15. The maximum absolute atomic E-state index is 13.5. The van der Waals surface area contributed by atoms with E-state index in [2.05, 4.69) is 58.7 Å². The van der Waals surface area contributed by atoms with E-state index >= 15 is 0 Å². The molecule has 0 spiro atoms. The predicted octanol–water partition coefficient (Wildman–Crippen LogP) is 6.16. The van der Waals surface area contributed by atoms with Crippen molar-refractivity contribution in [3.8, 4) is 5.00 Å². The maximum Gasteiger partial charge on any atom is 0.318 e. The number of thiophene rings is 1. The number of urea groups is 1. The van der Waals surface area contributed by atoms with E-state index in [-0.39, 0.29) is 18.1 Å². The Labute approximate surface area is 192 Å². The van der Waals surface area contributed by atoms with Gasteiger partial charge in [0, 0.05) is 27.6 Å². The molecule has 6 heteroatoms. The van der Waals surface area contributed by atoms with E-state index in [0.29, 0.717) is 6.54 Å². The third-order valence-electron chi connectivity index (χ3n) is 6.28. The number of fused-ring (bicyclic) bond motifs is 5. The van der Waals surface area contributed by atoms with Crippen molar-refractivity contribution >= 4 is 29.1 Å². The molecule has 1 atom stereocenters. The minimum atomic E-state index is -0.122. The predicted molar refractivity (Wildman–Crippen MR) is 130 cm³/mol. The van der Waals surface area contributed by atoms with Gasteiger partial charge in [0.15, 0.2) is 0 Å². The lowest BCUT2D eigenvalue weighted by Gasteiger charge is -2.32. The first-order valence-electron chi connectivity index (χ1n) is 11.1. The van der Waals surface area contributed by atoms with Gasteiger partial charge in [-0.25, -0.2) is 4.79 Å². The molecule has 5 rings (SSSR count). The lowest BCUT2D eigenvalue weighted by molar-refractivity contribution is 0.178. The maximum atomic E-state index is 13.5. The molecule has 4 nitrogen and oxygen atoms in total. The number of hydrogen-bond acceptors (Lipinski definition) is 3. The van der Waals surface area contributed by atoms with Crippen molar-refractivity contribution < 1.29 is 4.79 Å². The number of aromatic nitrogens is 1. The summed E-state index contributed by atoms with van der Waals surface area (Å²) in [6.07, 6.45) is 9.07. The molecular weight excluding hydrogens is 422 g/mol. The topological polar surface area (TPSA) is 37.3 Å². The molecule has 0 fully saturated rings. The van der Waals surface area contributed by atoms with Crippen LogP contribution in [-0.2, 0) is 19.4 Å². The van der Waals surface area contributed by atoms with Crippen LogP contribution in [0.3, 0.4) is 0 Å². The number of amides is 2. The zero-order valence-electron chi connectivity index (χ0n) is 18.4. The number of aryl methyl sites for hydroxylation is 1. The average Bonchev–Trinajstić information content (AvgIpc) is 3.35. The summed E-state index contributed by atoms with van der Waals surface area (Å²) < 4.78 is 2.34. The molecule has 0 unspecified atom stereocenters. The number of hydrogen-bond donors (Lipinski definition) is 1. The van der Waals surface area contributed by atoms with E-state index in [1.807, 2.05) is 30.1 Å². The Balaban J connectivity index is 1.68. The Morgan fingerprint density at radius 1 is 1.13 bits per heavy atom. The van der Waals surface area contributed by atoms with Gasteiger partial charge in [-0.15, -0.1) is 23.1 Å². The highest BCUT2D eigenvalue weighted by Gasteiger charge is 2.36. The Morgan fingerprint density at radius 3 is 2.65 bits per heavy atom. The van der Waals surface area contributed by atoms with Crippen molar-refractivity contribution in [2.45, 2.75) is 63.1 Å². The van der Waals surface area contributed by atoms with Crippen LogP contribution in [-0.4, -0.2) is 27.8 Å². The fourth-order valence-corrected chi connectivity index (χ4v) is 6.67. The van der Waals surface area contributed by atoms with E-state index < -0.39 is 0 Å².